The van der Waals surface area contributed by atoms with Crippen molar-refractivity contribution < 1.29 is 23.5 Å². The molecule has 3 aromatic rings. The van der Waals surface area contributed by atoms with Crippen LogP contribution in [0.2, 0.25) is 0 Å². The minimum absolute atomic E-state index is 0.232. The molecule has 2 heterocycles. The van der Waals surface area contributed by atoms with Gasteiger partial charge in [-0.05, 0) is 95.9 Å². The van der Waals surface area contributed by atoms with Crippen LogP contribution in [0, 0.1) is 0 Å². The van der Waals surface area contributed by atoms with Gasteiger partial charge in [-0.25, -0.2) is 10.2 Å². The minimum Gasteiger partial charge on any atom is -0.487 e. The molecule has 0 saturated heterocycles. The summed E-state index contributed by atoms with van der Waals surface area (Å²) in [5.41, 5.74) is 6.82. The fraction of sp³-hybridized carbons (Fsp3) is 0.452. The first-order chi connectivity index (χ1) is 18.5. The Morgan fingerprint density at radius 2 is 1.74 bits per heavy atom. The van der Waals surface area contributed by atoms with E-state index in [0.29, 0.717) is 16.7 Å². The van der Waals surface area contributed by atoms with Crippen LogP contribution in [-0.2, 0) is 28.8 Å². The Labute approximate surface area is 228 Å². The molecule has 1 unspecified atom stereocenters. The summed E-state index contributed by atoms with van der Waals surface area (Å²) >= 11 is 0. The predicted octanol–water partition coefficient (Wildman–Crippen LogP) is 5.61. The largest absolute Gasteiger partial charge is 0.487 e. The monoisotopic (exact) mass is 531 g/mol. The van der Waals surface area contributed by atoms with Crippen LogP contribution < -0.4 is 21.0 Å². The van der Waals surface area contributed by atoms with Gasteiger partial charge < -0.3 is 19.2 Å². The number of nitrogens with zero attached hydrogens (tertiary/aromatic N) is 1. The van der Waals surface area contributed by atoms with Gasteiger partial charge in [0.2, 0.25) is 5.55 Å². The molecule has 2 N–H and O–H groups in total. The lowest BCUT2D eigenvalue weighted by Gasteiger charge is -2.33. The fourth-order valence-electron chi connectivity index (χ4n) is 5.24. The molecule has 206 valence electrons. The highest BCUT2D eigenvalue weighted by Crippen LogP contribution is 2.38. The molecule has 1 atom stereocenters. The molecule has 8 heteroatoms. The molecule has 2 aliphatic rings. The van der Waals surface area contributed by atoms with Crippen LogP contribution in [-0.4, -0.2) is 23.2 Å². The average Bonchev–Trinajstić information content (AvgIpc) is 2.88. The van der Waals surface area contributed by atoms with E-state index in [0.717, 1.165) is 55.2 Å². The number of fused-ring (bicyclic) bond motifs is 4. The normalized spacial score (nSPS) is 17.4. The number of hydrogen-bond acceptors (Lipinski definition) is 6. The average molecular weight is 532 g/mol. The number of hydrogen-bond donors (Lipinski definition) is 2. The second kappa shape index (κ2) is 10.4. The lowest BCUT2D eigenvalue weighted by Crippen LogP contribution is -2.41. The third kappa shape index (κ3) is 6.10. The summed E-state index contributed by atoms with van der Waals surface area (Å²) in [6, 6.07) is 12.2. The first-order valence-corrected chi connectivity index (χ1v) is 13.7. The highest BCUT2D eigenvalue weighted by atomic mass is 16.6. The van der Waals surface area contributed by atoms with Crippen molar-refractivity contribution in [3.8, 4) is 5.75 Å². The topological polar surface area (TPSA) is 102 Å². The Kier molecular flexibility index (Phi) is 7.14. The maximum atomic E-state index is 13.4. The van der Waals surface area contributed by atoms with Crippen LogP contribution in [0.4, 0.5) is 4.79 Å². The van der Waals surface area contributed by atoms with Gasteiger partial charge in [0.05, 0.1) is 0 Å². The molecule has 2 amide bonds. The lowest BCUT2D eigenvalue weighted by molar-refractivity contribution is -0.123. The van der Waals surface area contributed by atoms with Crippen molar-refractivity contribution in [1.29, 1.82) is 0 Å². The Balaban J connectivity index is 1.50. The molecule has 1 aliphatic heterocycles. The number of aryl methyl sites for hydroxylation is 2. The van der Waals surface area contributed by atoms with E-state index >= 15 is 0 Å². The van der Waals surface area contributed by atoms with E-state index in [1.165, 1.54) is 11.1 Å². The van der Waals surface area contributed by atoms with E-state index in [4.69, 9.17) is 13.9 Å². The molecule has 2 aromatic carbocycles. The molecule has 0 bridgehead atoms. The number of alkyl carbamates (subject to hydrolysis) is 1. The van der Waals surface area contributed by atoms with Gasteiger partial charge in [-0.1, -0.05) is 30.3 Å². The van der Waals surface area contributed by atoms with E-state index in [1.54, 1.807) is 32.9 Å². The molecular weight excluding hydrogens is 494 g/mol. The van der Waals surface area contributed by atoms with E-state index in [-0.39, 0.29) is 5.60 Å². The quantitative estimate of drug-likeness (QED) is 0.426. The highest BCUT2D eigenvalue weighted by Gasteiger charge is 2.29. The second-order valence-electron chi connectivity index (χ2n) is 12.0. The van der Waals surface area contributed by atoms with Crippen molar-refractivity contribution in [2.24, 2.45) is 5.10 Å². The molecule has 5 rings (SSSR count). The number of amides is 2. The fourth-order valence-corrected chi connectivity index (χ4v) is 5.24. The van der Waals surface area contributed by atoms with Crippen LogP contribution in [0.15, 0.2) is 52.0 Å². The summed E-state index contributed by atoms with van der Waals surface area (Å²) in [5.74, 6) is 0.335. The molecule has 8 nitrogen and oxygen atoms in total. The molecule has 39 heavy (non-hydrogen) atoms. The zero-order chi connectivity index (χ0) is 27.8. The molecule has 0 saturated carbocycles. The number of carbonyl (C=O) groups is 2. The summed E-state index contributed by atoms with van der Waals surface area (Å²) in [4.78, 5) is 25.9. The molecule has 1 aromatic heterocycles. The minimum atomic E-state index is -0.997. The van der Waals surface area contributed by atoms with Crippen LogP contribution >= 0.6 is 0 Å². The SMILES string of the molecule is CC(C)(C)OC(=O)NC(C(=O)NN=c1oc2cc3c(cc2c2c1CCCC2)CCC(C)(C)O3)c1ccccc1. The lowest BCUT2D eigenvalue weighted by atomic mass is 9.88. The van der Waals surface area contributed by atoms with Crippen molar-refractivity contribution in [2.45, 2.75) is 90.4 Å². The van der Waals surface area contributed by atoms with Crippen molar-refractivity contribution >= 4 is 23.0 Å². The van der Waals surface area contributed by atoms with Gasteiger partial charge in [-0.3, -0.25) is 4.79 Å². The first kappa shape index (κ1) is 26.8. The van der Waals surface area contributed by atoms with Gasteiger partial charge >= 0.3 is 6.09 Å². The number of benzene rings is 2. The van der Waals surface area contributed by atoms with E-state index in [9.17, 15) is 9.59 Å². The number of carbonyl (C=O) groups excluding carboxylic acids is 2. The zero-order valence-electron chi connectivity index (χ0n) is 23.3. The summed E-state index contributed by atoms with van der Waals surface area (Å²) in [5, 5.41) is 8.21. The van der Waals surface area contributed by atoms with Gasteiger partial charge in [0.25, 0.3) is 5.91 Å². The zero-order valence-corrected chi connectivity index (χ0v) is 23.3. The number of nitrogens with one attached hydrogen (secondary N) is 2. The molecule has 0 spiro atoms. The standard InChI is InChI=1S/C31H37N3O5/c1-30(2,3)39-29(36)32-26(19-11-7-6-8-12-19)27(35)33-34-28-22-14-10-9-13-21(22)23-17-20-15-16-31(4,5)38-24(20)18-25(23)37-28/h6-8,11-12,17-18,26H,9-10,13-16H2,1-5H3,(H,32,36)(H,33,35). The Hall–Kier alpha value is -3.81. The predicted molar refractivity (Wildman–Crippen MR) is 148 cm³/mol. The third-order valence-electron chi connectivity index (χ3n) is 7.13. The van der Waals surface area contributed by atoms with Crippen molar-refractivity contribution in [2.75, 3.05) is 0 Å². The highest BCUT2D eigenvalue weighted by molar-refractivity contribution is 5.87. The molecular formula is C31H37N3O5. The van der Waals surface area contributed by atoms with Gasteiger partial charge in [-0.2, -0.15) is 0 Å². The third-order valence-corrected chi connectivity index (χ3v) is 7.13. The van der Waals surface area contributed by atoms with Crippen LogP contribution in [0.1, 0.15) is 82.2 Å². The van der Waals surface area contributed by atoms with Crippen LogP contribution in [0.3, 0.4) is 0 Å². The second-order valence-corrected chi connectivity index (χ2v) is 12.0. The van der Waals surface area contributed by atoms with Gasteiger partial charge in [-0.15, -0.1) is 5.10 Å². The van der Waals surface area contributed by atoms with Crippen molar-refractivity contribution in [3.05, 3.63) is 70.3 Å². The number of ether oxygens (including phenoxy) is 2. The summed E-state index contributed by atoms with van der Waals surface area (Å²) in [6.45, 7) is 9.50. The Bertz CT molecular complexity index is 1470. The summed E-state index contributed by atoms with van der Waals surface area (Å²) < 4.78 is 17.9. The van der Waals surface area contributed by atoms with E-state index in [2.05, 4.69) is 35.8 Å². The van der Waals surface area contributed by atoms with Crippen molar-refractivity contribution in [1.82, 2.24) is 10.7 Å². The summed E-state index contributed by atoms with van der Waals surface area (Å²) in [7, 11) is 0. The Morgan fingerprint density at radius 1 is 1.03 bits per heavy atom. The van der Waals surface area contributed by atoms with Crippen LogP contribution in [0.25, 0.3) is 11.0 Å². The van der Waals surface area contributed by atoms with Gasteiger partial charge in [0.1, 0.15) is 28.6 Å². The smallest absolute Gasteiger partial charge is 0.408 e. The van der Waals surface area contributed by atoms with Gasteiger partial charge in [0, 0.05) is 17.0 Å². The molecule has 0 radical (unpaired) electrons. The van der Waals surface area contributed by atoms with E-state index < -0.39 is 23.6 Å². The summed E-state index contributed by atoms with van der Waals surface area (Å²) in [6.07, 6.45) is 5.10. The van der Waals surface area contributed by atoms with Crippen LogP contribution in [0.5, 0.6) is 5.75 Å². The maximum absolute atomic E-state index is 13.4. The first-order valence-electron chi connectivity index (χ1n) is 13.7. The van der Waals surface area contributed by atoms with Gasteiger partial charge in [0.15, 0.2) is 0 Å². The molecule has 0 fully saturated rings. The Morgan fingerprint density at radius 3 is 2.46 bits per heavy atom. The number of rotatable bonds is 4. The van der Waals surface area contributed by atoms with E-state index in [1.807, 2.05) is 24.3 Å². The maximum Gasteiger partial charge on any atom is 0.408 e. The molecule has 1 aliphatic carbocycles. The van der Waals surface area contributed by atoms with Crippen molar-refractivity contribution in [3.63, 3.8) is 0 Å².